The number of benzene rings is 1. The molecule has 0 bridgehead atoms. The second-order valence-electron chi connectivity index (χ2n) is 25.4. The van der Waals surface area contributed by atoms with Gasteiger partial charge in [-0.25, -0.2) is 24.9 Å². The van der Waals surface area contributed by atoms with E-state index in [4.69, 9.17) is 13.3 Å². The average Bonchev–Trinajstić information content (AvgIpc) is 4.36. The van der Waals surface area contributed by atoms with Gasteiger partial charge in [0.25, 0.3) is 0 Å². The normalized spacial score (nSPS) is 10.1. The van der Waals surface area contributed by atoms with Crippen molar-refractivity contribution in [3.05, 3.63) is 290 Å². The maximum Gasteiger partial charge on any atom is 0.196 e. The van der Waals surface area contributed by atoms with E-state index in [-0.39, 0.29) is 7.43 Å². The Morgan fingerprint density at radius 1 is 0.268 bits per heavy atom. The highest BCUT2D eigenvalue weighted by Crippen LogP contribution is 2.17. The van der Waals surface area contributed by atoms with Gasteiger partial charge in [-0.3, -0.25) is 24.9 Å². The van der Waals surface area contributed by atoms with Crippen LogP contribution in [0.25, 0.3) is 0 Å². The van der Waals surface area contributed by atoms with E-state index in [1.807, 2.05) is 130 Å². The van der Waals surface area contributed by atoms with E-state index in [1.165, 1.54) is 40.6 Å². The summed E-state index contributed by atoms with van der Waals surface area (Å²) in [5.74, 6) is 8.57. The molecule has 0 saturated carbocycles. The Kier molecular flexibility index (Phi) is 48.8. The van der Waals surface area contributed by atoms with E-state index in [0.29, 0.717) is 65.1 Å². The summed E-state index contributed by atoms with van der Waals surface area (Å²) < 4.78 is 14.7. The molecule has 97 heavy (non-hydrogen) atoms. The molecule has 0 radical (unpaired) electrons. The van der Waals surface area contributed by atoms with E-state index >= 15 is 0 Å². The van der Waals surface area contributed by atoms with Crippen LogP contribution in [0.3, 0.4) is 0 Å². The van der Waals surface area contributed by atoms with Crippen LogP contribution in [-0.2, 0) is 0 Å². The first-order valence-corrected chi connectivity index (χ1v) is 33.6. The Morgan fingerprint density at radius 2 is 0.722 bits per heavy atom. The van der Waals surface area contributed by atoms with Crippen LogP contribution >= 0.6 is 0 Å². The molecule has 0 fully saturated rings. The van der Waals surface area contributed by atoms with Gasteiger partial charge in [0.2, 0.25) is 0 Å². The summed E-state index contributed by atoms with van der Waals surface area (Å²) in [6.45, 7) is 46.8. The molecule has 15 heteroatoms. The molecule has 11 aromatic rings. The summed E-state index contributed by atoms with van der Waals surface area (Å²) in [4.78, 5) is 40.1. The van der Waals surface area contributed by atoms with Gasteiger partial charge in [-0.05, 0) is 136 Å². The molecular weight excluding hydrogens is 1200 g/mol. The fourth-order valence-corrected chi connectivity index (χ4v) is 7.24. The second-order valence-corrected chi connectivity index (χ2v) is 25.4. The van der Waals surface area contributed by atoms with Gasteiger partial charge in [0.05, 0.1) is 24.3 Å². The third-order valence-corrected chi connectivity index (χ3v) is 13.5. The summed E-state index contributed by atoms with van der Waals surface area (Å²) in [5, 5.41) is 7.43. The minimum absolute atomic E-state index is 0. The molecule has 1 aromatic carbocycles. The molecule has 0 N–H and O–H groups in total. The molecule has 0 aliphatic carbocycles. The van der Waals surface area contributed by atoms with Gasteiger partial charge in [0.15, 0.2) is 18.7 Å². The number of hydrogen-bond acceptors (Lipinski definition) is 15. The number of pyridine rings is 5. The summed E-state index contributed by atoms with van der Waals surface area (Å²) in [7, 11) is 0. The van der Waals surface area contributed by atoms with Crippen LogP contribution in [0.2, 0.25) is 0 Å². The van der Waals surface area contributed by atoms with E-state index in [2.05, 4.69) is 235 Å². The Labute approximate surface area is 584 Å². The van der Waals surface area contributed by atoms with E-state index in [9.17, 15) is 0 Å². The third-order valence-electron chi connectivity index (χ3n) is 13.5. The topological polar surface area (TPSA) is 194 Å². The quantitative estimate of drug-likeness (QED) is 0.119. The third kappa shape index (κ3) is 43.5. The van der Waals surface area contributed by atoms with E-state index in [0.717, 1.165) is 34.6 Å². The SMILES string of the molecule is C.CC(C)c1ccccc1.CC(C)c1ccccn1.CC(C)c1ccccn1.CC(C)c1cccnc1.CC(C)c1cccnc1.CC(C)c1ccncc1.CC(C)c1ccnnc1.CC(C)c1cnco1.CC(C)c1cocn1.CC(C)c1ncccn1.CC(C)c1ncco1. The molecule has 0 aliphatic heterocycles. The molecule has 0 saturated heterocycles. The van der Waals surface area contributed by atoms with Crippen LogP contribution in [0, 0.1) is 0 Å². The van der Waals surface area contributed by atoms with Gasteiger partial charge in [0.1, 0.15) is 24.1 Å². The number of oxazole rings is 3. The van der Waals surface area contributed by atoms with Crippen LogP contribution in [0.5, 0.6) is 0 Å². The highest BCUT2D eigenvalue weighted by molar-refractivity contribution is 5.18. The van der Waals surface area contributed by atoms with Gasteiger partial charge in [0, 0.05) is 97.3 Å². The summed E-state index contributed by atoms with van der Waals surface area (Å²) in [6.07, 6.45) is 31.3. The minimum Gasteiger partial charge on any atom is -0.451 e. The van der Waals surface area contributed by atoms with Crippen molar-refractivity contribution in [1.82, 2.24) is 60.0 Å². The zero-order chi connectivity index (χ0) is 71.5. The molecule has 524 valence electrons. The molecular formula is C82H118N12O3. The van der Waals surface area contributed by atoms with Gasteiger partial charge >= 0.3 is 0 Å². The van der Waals surface area contributed by atoms with E-state index < -0.39 is 0 Å². The molecule has 0 unspecified atom stereocenters. The molecule has 0 amide bonds. The summed E-state index contributed by atoms with van der Waals surface area (Å²) >= 11 is 0. The Morgan fingerprint density at radius 3 is 0.969 bits per heavy atom. The predicted molar refractivity (Wildman–Crippen MR) is 403 cm³/mol. The standard InChI is InChI=1S/C9H12.5C8H11N.2C7H10N2.3C6H9NO.CH4/c1-8(2)9-6-4-3-5-7-9;1-7(2)8-3-5-9-6-4-8;2*1-7(2)8-4-3-5-9-6-8;2*1-7(2)8-5-3-4-6-9-8;1-6(2)7-3-4-8-9-5-7;1-6(2)7-8-4-3-5-9-7;1-5(2)6-3-8-4-7-6;1-5(2)6-3-7-4-8-6;1-5(2)6-7-3-4-8-6;/h3-8H,1-2H3;5*3-7H,1-2H3;2*3-6H,1-2H3;3*3-5H,1-2H3;1H4. The van der Waals surface area contributed by atoms with Crippen LogP contribution in [0.15, 0.2) is 241 Å². The Hall–Kier alpha value is -9.24. The molecule has 0 spiro atoms. The van der Waals surface area contributed by atoms with Gasteiger partial charge < -0.3 is 13.3 Å². The predicted octanol–water partition coefficient (Wildman–Crippen LogP) is 23.1. The first-order chi connectivity index (χ1) is 45.8. The first kappa shape index (κ1) is 87.8. The summed E-state index contributed by atoms with van der Waals surface area (Å²) in [5.41, 5.74) is 9.96. The maximum atomic E-state index is 4.98. The Bertz CT molecular complexity index is 2760. The lowest BCUT2D eigenvalue weighted by molar-refractivity contribution is 0.471. The molecule has 10 aromatic heterocycles. The van der Waals surface area contributed by atoms with Crippen LogP contribution < -0.4 is 0 Å². The lowest BCUT2D eigenvalue weighted by Crippen LogP contribution is -1.93. The largest absolute Gasteiger partial charge is 0.451 e. The van der Waals surface area contributed by atoms with Gasteiger partial charge in [-0.1, -0.05) is 214 Å². The lowest BCUT2D eigenvalue weighted by atomic mass is 10.0. The zero-order valence-electron chi connectivity index (χ0n) is 61.8. The lowest BCUT2D eigenvalue weighted by Gasteiger charge is -2.01. The summed E-state index contributed by atoms with van der Waals surface area (Å²) in [6, 6.07) is 38.5. The highest BCUT2D eigenvalue weighted by Gasteiger charge is 2.04. The van der Waals surface area contributed by atoms with Gasteiger partial charge in [-0.2, -0.15) is 10.2 Å². The van der Waals surface area contributed by atoms with Crippen LogP contribution in [-0.4, -0.2) is 60.0 Å². The van der Waals surface area contributed by atoms with Crippen molar-refractivity contribution in [2.45, 2.75) is 225 Å². The van der Waals surface area contributed by atoms with Crippen molar-refractivity contribution in [2.75, 3.05) is 0 Å². The smallest absolute Gasteiger partial charge is 0.196 e. The van der Waals surface area contributed by atoms with Gasteiger partial charge in [-0.15, -0.1) is 0 Å². The maximum absolute atomic E-state index is 4.98. The highest BCUT2D eigenvalue weighted by atomic mass is 16.3. The van der Waals surface area contributed by atoms with Crippen LogP contribution in [0.4, 0.5) is 0 Å². The molecule has 0 atom stereocenters. The number of rotatable bonds is 11. The Balaban J connectivity index is 0.00000104. The molecule has 0 aliphatic rings. The molecule has 11 rings (SSSR count). The first-order valence-electron chi connectivity index (χ1n) is 33.6. The fraction of sp³-hybridized carbons (Fsp3) is 0.415. The molecule has 15 nitrogen and oxygen atoms in total. The fourth-order valence-electron chi connectivity index (χ4n) is 7.24. The number of hydrogen-bond donors (Lipinski definition) is 0. The minimum atomic E-state index is 0. The number of aromatic nitrogens is 12. The van der Waals surface area contributed by atoms with Crippen molar-refractivity contribution in [1.29, 1.82) is 0 Å². The van der Waals surface area contributed by atoms with Crippen molar-refractivity contribution in [2.24, 2.45) is 0 Å². The zero-order valence-corrected chi connectivity index (χ0v) is 61.8. The van der Waals surface area contributed by atoms with Crippen molar-refractivity contribution >= 4 is 0 Å². The van der Waals surface area contributed by atoms with Crippen molar-refractivity contribution < 1.29 is 13.3 Å². The monoisotopic (exact) mass is 1320 g/mol. The van der Waals surface area contributed by atoms with E-state index in [1.54, 1.807) is 62.1 Å². The van der Waals surface area contributed by atoms with Crippen LogP contribution in [0.1, 0.15) is 287 Å². The molecule has 10 heterocycles. The van der Waals surface area contributed by atoms with Crippen molar-refractivity contribution in [3.8, 4) is 0 Å². The average molecular weight is 1320 g/mol. The van der Waals surface area contributed by atoms with Crippen molar-refractivity contribution in [3.63, 3.8) is 0 Å². The second kappa shape index (κ2) is 53.9. The number of nitrogens with zero attached hydrogens (tertiary/aromatic N) is 12.